The fraction of sp³-hybridized carbons (Fsp3) is 0.433. The first-order valence-corrected chi connectivity index (χ1v) is 14.0. The van der Waals surface area contributed by atoms with Crippen molar-refractivity contribution in [2.45, 2.75) is 51.0 Å². The maximum Gasteiger partial charge on any atom is 0.250 e. The molecular weight excluding hydrogens is 524 g/mol. The van der Waals surface area contributed by atoms with Crippen LogP contribution in [-0.2, 0) is 32.8 Å². The molecule has 2 aromatic rings. The van der Waals surface area contributed by atoms with E-state index in [9.17, 15) is 24.6 Å². The molecule has 5 rings (SSSR count). The third-order valence-corrected chi connectivity index (χ3v) is 7.94. The Labute approximate surface area is 238 Å². The lowest BCUT2D eigenvalue weighted by Gasteiger charge is -2.28. The molecule has 0 atom stereocenters. The molecule has 0 unspecified atom stereocenters. The average Bonchev–Trinajstić information content (AvgIpc) is 3.80. The monoisotopic (exact) mass is 560 g/mol. The topological polar surface area (TPSA) is 161 Å². The highest BCUT2D eigenvalue weighted by atomic mass is 16.3. The third kappa shape index (κ3) is 5.86. The summed E-state index contributed by atoms with van der Waals surface area (Å²) in [6, 6.07) is 7.50. The molecule has 11 nitrogen and oxygen atoms in total. The van der Waals surface area contributed by atoms with Crippen molar-refractivity contribution in [3.05, 3.63) is 58.4 Å². The standard InChI is InChI=1S/C30H36N6O5/c1-2-8-35(10-11-37)28(40)20-12-19-3-4-22(15-25(19)34-26(31)14-20)30(6-7-30)29(41)33-23-13-21-17-36(27(39)18-38)9-5-24(21)32-16-23/h3-4,12-13,15-16,37-38H,2,5-11,14,17-18H2,1H3,(H2,31,34)(H,33,41). The van der Waals surface area contributed by atoms with Crippen molar-refractivity contribution in [1.82, 2.24) is 14.8 Å². The zero-order chi connectivity index (χ0) is 29.1. The van der Waals surface area contributed by atoms with Gasteiger partial charge in [-0.05, 0) is 48.6 Å². The zero-order valence-corrected chi connectivity index (χ0v) is 23.2. The van der Waals surface area contributed by atoms with E-state index < -0.39 is 12.0 Å². The number of hydrogen-bond acceptors (Lipinski definition) is 8. The number of anilines is 1. The fourth-order valence-corrected chi connectivity index (χ4v) is 5.56. The number of pyridine rings is 1. The third-order valence-electron chi connectivity index (χ3n) is 7.94. The molecule has 1 aromatic heterocycles. The van der Waals surface area contributed by atoms with Crippen LogP contribution in [0.4, 0.5) is 11.4 Å². The average molecular weight is 561 g/mol. The minimum Gasteiger partial charge on any atom is -0.395 e. The van der Waals surface area contributed by atoms with Crippen molar-refractivity contribution in [1.29, 1.82) is 0 Å². The summed E-state index contributed by atoms with van der Waals surface area (Å²) in [6.07, 6.45) is 6.37. The van der Waals surface area contributed by atoms with Gasteiger partial charge in [-0.3, -0.25) is 19.4 Å². The van der Waals surface area contributed by atoms with E-state index in [-0.39, 0.29) is 37.3 Å². The molecule has 5 N–H and O–H groups in total. The van der Waals surface area contributed by atoms with Crippen LogP contribution in [0.3, 0.4) is 0 Å². The van der Waals surface area contributed by atoms with Gasteiger partial charge in [0.05, 0.1) is 29.6 Å². The second kappa shape index (κ2) is 11.8. The van der Waals surface area contributed by atoms with Crippen LogP contribution in [0.25, 0.3) is 6.08 Å². The van der Waals surface area contributed by atoms with Crippen LogP contribution >= 0.6 is 0 Å². The number of aromatic nitrogens is 1. The molecule has 3 heterocycles. The summed E-state index contributed by atoms with van der Waals surface area (Å²) < 4.78 is 0. The molecule has 1 fully saturated rings. The number of rotatable bonds is 9. The molecule has 1 aliphatic carbocycles. The molecule has 0 saturated heterocycles. The highest BCUT2D eigenvalue weighted by molar-refractivity contribution is 6.06. The van der Waals surface area contributed by atoms with Gasteiger partial charge in [0.15, 0.2) is 0 Å². The Morgan fingerprint density at radius 2 is 1.98 bits per heavy atom. The van der Waals surface area contributed by atoms with Gasteiger partial charge in [-0.25, -0.2) is 4.99 Å². The molecular formula is C30H36N6O5. The summed E-state index contributed by atoms with van der Waals surface area (Å²) >= 11 is 0. The number of nitrogens with two attached hydrogens (primary N) is 1. The summed E-state index contributed by atoms with van der Waals surface area (Å²) in [5.74, 6) is -0.335. The number of aliphatic hydroxyl groups is 2. The number of carbonyl (C=O) groups is 3. The molecule has 1 saturated carbocycles. The van der Waals surface area contributed by atoms with Gasteiger partial charge in [0.25, 0.3) is 0 Å². The summed E-state index contributed by atoms with van der Waals surface area (Å²) in [7, 11) is 0. The van der Waals surface area contributed by atoms with E-state index in [1.165, 1.54) is 0 Å². The predicted molar refractivity (Wildman–Crippen MR) is 154 cm³/mol. The van der Waals surface area contributed by atoms with Crippen LogP contribution in [0.15, 0.2) is 41.0 Å². The Kier molecular flexibility index (Phi) is 8.18. The zero-order valence-electron chi connectivity index (χ0n) is 23.2. The lowest BCUT2D eigenvalue weighted by molar-refractivity contribution is -0.135. The van der Waals surface area contributed by atoms with E-state index in [2.05, 4.69) is 15.3 Å². The van der Waals surface area contributed by atoms with E-state index in [0.717, 1.165) is 28.8 Å². The van der Waals surface area contributed by atoms with E-state index in [1.807, 2.05) is 31.2 Å². The number of amidine groups is 1. The Bertz CT molecular complexity index is 1420. The molecule has 3 aliphatic rings. The number of nitrogens with one attached hydrogen (secondary N) is 1. The van der Waals surface area contributed by atoms with E-state index in [0.29, 0.717) is 61.7 Å². The molecule has 216 valence electrons. The highest BCUT2D eigenvalue weighted by Gasteiger charge is 2.51. The molecule has 41 heavy (non-hydrogen) atoms. The normalized spacial score (nSPS) is 16.9. The van der Waals surface area contributed by atoms with Crippen LogP contribution in [0.5, 0.6) is 0 Å². The lowest BCUT2D eigenvalue weighted by atomic mass is 9.92. The van der Waals surface area contributed by atoms with E-state index in [4.69, 9.17) is 5.73 Å². The van der Waals surface area contributed by atoms with Crippen molar-refractivity contribution >= 4 is 41.0 Å². The van der Waals surface area contributed by atoms with Crippen molar-refractivity contribution < 1.29 is 24.6 Å². The van der Waals surface area contributed by atoms with Gasteiger partial charge in [-0.15, -0.1) is 0 Å². The first kappa shape index (κ1) is 28.4. The number of nitrogens with zero attached hydrogens (tertiary/aromatic N) is 4. The second-order valence-electron chi connectivity index (χ2n) is 10.8. The van der Waals surface area contributed by atoms with Crippen molar-refractivity contribution in [2.75, 3.05) is 38.2 Å². The van der Waals surface area contributed by atoms with Gasteiger partial charge in [0.2, 0.25) is 17.7 Å². The lowest BCUT2D eigenvalue weighted by Crippen LogP contribution is -2.38. The number of amides is 3. The first-order chi connectivity index (χ1) is 19.8. The van der Waals surface area contributed by atoms with Gasteiger partial charge < -0.3 is 31.1 Å². The molecule has 0 bridgehead atoms. The predicted octanol–water partition coefficient (Wildman–Crippen LogP) is 1.64. The molecule has 0 spiro atoms. The summed E-state index contributed by atoms with van der Waals surface area (Å²) in [5.41, 5.74) is 10.5. The van der Waals surface area contributed by atoms with Gasteiger partial charge in [0, 0.05) is 55.9 Å². The smallest absolute Gasteiger partial charge is 0.250 e. The summed E-state index contributed by atoms with van der Waals surface area (Å²) in [6.45, 7) is 2.97. The maximum absolute atomic E-state index is 13.5. The Morgan fingerprint density at radius 1 is 1.17 bits per heavy atom. The fourth-order valence-electron chi connectivity index (χ4n) is 5.56. The Balaban J connectivity index is 1.36. The number of aliphatic hydroxyl groups excluding tert-OH is 2. The van der Waals surface area contributed by atoms with Gasteiger partial charge in [-0.1, -0.05) is 19.1 Å². The maximum atomic E-state index is 13.5. The minimum absolute atomic E-state index is 0.115. The second-order valence-corrected chi connectivity index (χ2v) is 10.8. The van der Waals surface area contributed by atoms with Crippen molar-refractivity contribution in [3.63, 3.8) is 0 Å². The molecule has 0 radical (unpaired) electrons. The Hall–Kier alpha value is -4.09. The molecule has 3 amide bonds. The van der Waals surface area contributed by atoms with Gasteiger partial charge >= 0.3 is 0 Å². The number of aliphatic imine (C=N–C) groups is 1. The Morgan fingerprint density at radius 3 is 2.68 bits per heavy atom. The van der Waals surface area contributed by atoms with Gasteiger partial charge in [-0.2, -0.15) is 0 Å². The summed E-state index contributed by atoms with van der Waals surface area (Å²) in [4.78, 5) is 51.0. The van der Waals surface area contributed by atoms with E-state index >= 15 is 0 Å². The largest absolute Gasteiger partial charge is 0.395 e. The quantitative estimate of drug-likeness (QED) is 0.362. The van der Waals surface area contributed by atoms with Gasteiger partial charge in [0.1, 0.15) is 12.4 Å². The number of hydrogen-bond donors (Lipinski definition) is 4. The molecule has 11 heteroatoms. The van der Waals surface area contributed by atoms with Crippen LogP contribution in [-0.4, -0.2) is 81.4 Å². The SMILES string of the molecule is CCCN(CCO)C(=O)C1=Cc2ccc(C3(C(=O)Nc4cnc5c(c4)CN(C(=O)CO)CC5)CC3)cc2N=C(N)C1. The number of carbonyl (C=O) groups excluding carboxylic acids is 3. The molecule has 1 aromatic carbocycles. The van der Waals surface area contributed by atoms with Crippen LogP contribution in [0, 0.1) is 0 Å². The highest BCUT2D eigenvalue weighted by Crippen LogP contribution is 2.50. The number of fused-ring (bicyclic) bond motifs is 2. The molecule has 2 aliphatic heterocycles. The van der Waals surface area contributed by atoms with Crippen molar-refractivity contribution in [2.24, 2.45) is 10.7 Å². The van der Waals surface area contributed by atoms with Crippen LogP contribution in [0.1, 0.15) is 55.0 Å². The summed E-state index contributed by atoms with van der Waals surface area (Å²) in [5, 5.41) is 21.6. The van der Waals surface area contributed by atoms with Crippen molar-refractivity contribution in [3.8, 4) is 0 Å². The van der Waals surface area contributed by atoms with Crippen LogP contribution in [0.2, 0.25) is 0 Å². The first-order valence-electron chi connectivity index (χ1n) is 14.0. The minimum atomic E-state index is -0.707. The number of benzene rings is 1. The van der Waals surface area contributed by atoms with Crippen LogP contribution < -0.4 is 11.1 Å². The van der Waals surface area contributed by atoms with E-state index in [1.54, 1.807) is 22.1 Å².